The summed E-state index contributed by atoms with van der Waals surface area (Å²) in [4.78, 5) is 31.7. The molecule has 0 saturated carbocycles. The minimum Gasteiger partial charge on any atom is -0.277 e. The van der Waals surface area contributed by atoms with E-state index >= 15 is 0 Å². The van der Waals surface area contributed by atoms with Gasteiger partial charge in [0.1, 0.15) is 6.42 Å². The van der Waals surface area contributed by atoms with Crippen LogP contribution in [0.3, 0.4) is 0 Å². The van der Waals surface area contributed by atoms with Gasteiger partial charge in [-0.2, -0.15) is 0 Å². The molecule has 1 saturated heterocycles. The second-order valence-corrected chi connectivity index (χ2v) is 2.67. The SMILES string of the molecule is O=C1CC(=O)N(I)C(=O)N1. The molecule has 0 unspecified atom stereocenters. The first-order valence-corrected chi connectivity index (χ1v) is 3.40. The lowest BCUT2D eigenvalue weighted by Gasteiger charge is -2.17. The van der Waals surface area contributed by atoms with Gasteiger partial charge in [0, 0.05) is 0 Å². The maximum absolute atomic E-state index is 10.7. The van der Waals surface area contributed by atoms with Gasteiger partial charge in [0.05, 0.1) is 22.9 Å². The molecule has 5 nitrogen and oxygen atoms in total. The second-order valence-electron chi connectivity index (χ2n) is 1.70. The molecule has 10 heavy (non-hydrogen) atoms. The van der Waals surface area contributed by atoms with Crippen molar-refractivity contribution in [3.05, 3.63) is 0 Å². The van der Waals surface area contributed by atoms with Crippen molar-refractivity contribution in [1.82, 2.24) is 8.43 Å². The minimum atomic E-state index is -0.665. The van der Waals surface area contributed by atoms with Crippen molar-refractivity contribution in [2.45, 2.75) is 6.42 Å². The number of hydrogen-bond acceptors (Lipinski definition) is 3. The fourth-order valence-corrected chi connectivity index (χ4v) is 0.824. The number of nitrogens with zero attached hydrogens (tertiary/aromatic N) is 1. The van der Waals surface area contributed by atoms with Gasteiger partial charge in [0.15, 0.2) is 0 Å². The molecule has 0 spiro atoms. The summed E-state index contributed by atoms with van der Waals surface area (Å²) in [6.07, 6.45) is -0.241. The van der Waals surface area contributed by atoms with Crippen molar-refractivity contribution in [2.24, 2.45) is 0 Å². The van der Waals surface area contributed by atoms with Crippen LogP contribution in [0.2, 0.25) is 0 Å². The number of rotatable bonds is 0. The molecule has 1 fully saturated rings. The Hall–Kier alpha value is -0.660. The third-order valence-corrected chi connectivity index (χ3v) is 1.93. The lowest BCUT2D eigenvalue weighted by molar-refractivity contribution is -0.132. The standard InChI is InChI=1S/C4H3IN2O3/c5-7-3(9)1-2(8)6-4(7)10/h1H2,(H,6,8,10). The minimum absolute atomic E-state index is 0.241. The Morgan fingerprint density at radius 1 is 1.40 bits per heavy atom. The summed E-state index contributed by atoms with van der Waals surface area (Å²) >= 11 is 1.54. The zero-order chi connectivity index (χ0) is 7.72. The van der Waals surface area contributed by atoms with Crippen LogP contribution in [0.15, 0.2) is 0 Å². The Bertz CT molecular complexity index is 195. The van der Waals surface area contributed by atoms with E-state index in [9.17, 15) is 14.4 Å². The summed E-state index contributed by atoms with van der Waals surface area (Å²) in [7, 11) is 0. The number of halogens is 1. The third-order valence-electron chi connectivity index (χ3n) is 0.955. The van der Waals surface area contributed by atoms with Crippen molar-refractivity contribution in [1.29, 1.82) is 0 Å². The lowest BCUT2D eigenvalue weighted by Crippen LogP contribution is -2.47. The normalized spacial score (nSPS) is 19.3. The van der Waals surface area contributed by atoms with E-state index in [4.69, 9.17) is 0 Å². The van der Waals surface area contributed by atoms with E-state index in [1.165, 1.54) is 22.9 Å². The van der Waals surface area contributed by atoms with Gasteiger partial charge in [0.25, 0.3) is 0 Å². The summed E-state index contributed by atoms with van der Waals surface area (Å²) in [6.45, 7) is 0. The zero-order valence-electron chi connectivity index (χ0n) is 4.76. The number of amides is 4. The molecular weight excluding hydrogens is 251 g/mol. The Labute approximate surface area is 70.2 Å². The fourth-order valence-electron chi connectivity index (χ4n) is 0.533. The number of nitrogens with one attached hydrogen (secondary N) is 1. The number of carbonyl (C=O) groups excluding carboxylic acids is 3. The monoisotopic (exact) mass is 254 g/mol. The number of barbiturate groups is 1. The average molecular weight is 254 g/mol. The number of carbonyl (C=O) groups is 3. The highest BCUT2D eigenvalue weighted by molar-refractivity contribution is 14.1. The summed E-state index contributed by atoms with van der Waals surface area (Å²) < 4.78 is 0.846. The largest absolute Gasteiger partial charge is 0.339 e. The summed E-state index contributed by atoms with van der Waals surface area (Å²) in [6, 6.07) is -0.665. The first kappa shape index (κ1) is 7.45. The molecule has 6 heteroatoms. The maximum atomic E-state index is 10.7. The van der Waals surface area contributed by atoms with E-state index in [1.807, 2.05) is 5.32 Å². The molecule has 0 aromatic heterocycles. The Morgan fingerprint density at radius 3 is 2.50 bits per heavy atom. The van der Waals surface area contributed by atoms with Crippen LogP contribution in [0.1, 0.15) is 6.42 Å². The molecule has 0 aliphatic carbocycles. The summed E-state index contributed by atoms with van der Waals surface area (Å²) in [5, 5.41) is 1.98. The number of hydrogen-bond donors (Lipinski definition) is 1. The smallest absolute Gasteiger partial charge is 0.277 e. The number of imide groups is 2. The van der Waals surface area contributed by atoms with Gasteiger partial charge in [-0.3, -0.25) is 14.9 Å². The Morgan fingerprint density at radius 2 is 2.00 bits per heavy atom. The van der Waals surface area contributed by atoms with Crippen molar-refractivity contribution in [2.75, 3.05) is 0 Å². The van der Waals surface area contributed by atoms with Crippen LogP contribution in [0.5, 0.6) is 0 Å². The van der Waals surface area contributed by atoms with E-state index < -0.39 is 17.8 Å². The second kappa shape index (κ2) is 2.52. The van der Waals surface area contributed by atoms with Crippen LogP contribution in [-0.4, -0.2) is 21.0 Å². The van der Waals surface area contributed by atoms with Crippen molar-refractivity contribution >= 4 is 40.7 Å². The molecule has 4 amide bonds. The first-order valence-electron chi connectivity index (χ1n) is 2.44. The van der Waals surface area contributed by atoms with E-state index in [1.54, 1.807) is 0 Å². The molecule has 1 heterocycles. The van der Waals surface area contributed by atoms with Gasteiger partial charge in [-0.05, 0) is 0 Å². The molecule has 54 valence electrons. The van der Waals surface area contributed by atoms with Crippen LogP contribution < -0.4 is 5.32 Å². The van der Waals surface area contributed by atoms with Gasteiger partial charge in [-0.15, -0.1) is 0 Å². The van der Waals surface area contributed by atoms with Gasteiger partial charge in [-0.1, -0.05) is 0 Å². The Kier molecular flexibility index (Phi) is 1.88. The third kappa shape index (κ3) is 1.25. The van der Waals surface area contributed by atoms with Crippen LogP contribution in [0.4, 0.5) is 4.79 Å². The molecular formula is C4H3IN2O3. The maximum Gasteiger partial charge on any atom is 0.339 e. The van der Waals surface area contributed by atoms with Crippen molar-refractivity contribution in [3.8, 4) is 0 Å². The highest BCUT2D eigenvalue weighted by Crippen LogP contribution is 2.07. The van der Waals surface area contributed by atoms with E-state index in [2.05, 4.69) is 0 Å². The van der Waals surface area contributed by atoms with E-state index in [0.29, 0.717) is 0 Å². The highest BCUT2D eigenvalue weighted by atomic mass is 127. The van der Waals surface area contributed by atoms with Gasteiger partial charge in [0.2, 0.25) is 11.8 Å². The molecule has 1 rings (SSSR count). The molecule has 1 aliphatic rings. The molecule has 1 aliphatic heterocycles. The molecule has 0 bridgehead atoms. The van der Waals surface area contributed by atoms with Crippen LogP contribution in [-0.2, 0) is 9.59 Å². The molecule has 0 aromatic rings. The highest BCUT2D eigenvalue weighted by Gasteiger charge is 2.28. The van der Waals surface area contributed by atoms with E-state index in [-0.39, 0.29) is 6.42 Å². The van der Waals surface area contributed by atoms with Crippen LogP contribution in [0.25, 0.3) is 0 Å². The molecule has 1 N–H and O–H groups in total. The van der Waals surface area contributed by atoms with Crippen LogP contribution >= 0.6 is 22.9 Å². The lowest BCUT2D eigenvalue weighted by atomic mass is 10.3. The van der Waals surface area contributed by atoms with Crippen LogP contribution in [0, 0.1) is 0 Å². The predicted molar refractivity (Wildman–Crippen MR) is 39.0 cm³/mol. The zero-order valence-corrected chi connectivity index (χ0v) is 6.91. The fraction of sp³-hybridized carbons (Fsp3) is 0.250. The van der Waals surface area contributed by atoms with Gasteiger partial charge < -0.3 is 0 Å². The van der Waals surface area contributed by atoms with Gasteiger partial charge in [-0.25, -0.2) is 7.91 Å². The van der Waals surface area contributed by atoms with E-state index in [0.717, 1.165) is 3.11 Å². The van der Waals surface area contributed by atoms with Gasteiger partial charge >= 0.3 is 6.03 Å². The predicted octanol–water partition coefficient (Wildman–Crippen LogP) is -0.195. The molecule has 0 radical (unpaired) electrons. The van der Waals surface area contributed by atoms with Crippen molar-refractivity contribution < 1.29 is 14.4 Å². The Balaban J connectivity index is 2.76. The average Bonchev–Trinajstić information content (AvgIpc) is 1.82. The van der Waals surface area contributed by atoms with Crippen molar-refractivity contribution in [3.63, 3.8) is 0 Å². The summed E-state index contributed by atoms with van der Waals surface area (Å²) in [5.74, 6) is -1.02. The number of urea groups is 1. The quantitative estimate of drug-likeness (QED) is 0.370. The molecule has 0 atom stereocenters. The molecule has 0 aromatic carbocycles. The topological polar surface area (TPSA) is 66.5 Å². The first-order chi connectivity index (χ1) is 4.61. The summed E-state index contributed by atoms with van der Waals surface area (Å²) in [5.41, 5.74) is 0.